The Balaban J connectivity index is 2.83. The van der Waals surface area contributed by atoms with Crippen LogP contribution in [0.25, 0.3) is 0 Å². The zero-order valence-electron chi connectivity index (χ0n) is 12.7. The molecule has 1 rings (SSSR count). The molecule has 0 saturated carbocycles. The summed E-state index contributed by atoms with van der Waals surface area (Å²) in [6.45, 7) is 7.36. The number of carbonyl (C=O) groups is 1. The Labute approximate surface area is 123 Å². The summed E-state index contributed by atoms with van der Waals surface area (Å²) in [6, 6.07) is 6.81. The number of amides is 1. The summed E-state index contributed by atoms with van der Waals surface area (Å²) in [5.41, 5.74) is -0.398. The Morgan fingerprint density at radius 1 is 1.30 bits per heavy atom. The van der Waals surface area contributed by atoms with Crippen LogP contribution >= 0.6 is 0 Å². The number of aliphatic hydroxyl groups is 1. The van der Waals surface area contributed by atoms with E-state index in [-0.39, 0.29) is 17.7 Å². The van der Waals surface area contributed by atoms with Gasteiger partial charge in [0.25, 0.3) is 5.91 Å². The topological polar surface area (TPSA) is 57.6 Å². The first-order valence-electron chi connectivity index (χ1n) is 6.60. The molecule has 20 heavy (non-hydrogen) atoms. The van der Waals surface area contributed by atoms with Crippen molar-refractivity contribution in [3.63, 3.8) is 0 Å². The molecule has 0 aliphatic carbocycles. The van der Waals surface area contributed by atoms with E-state index >= 15 is 0 Å². The van der Waals surface area contributed by atoms with Crippen molar-refractivity contribution in [2.75, 3.05) is 13.6 Å². The van der Waals surface area contributed by atoms with Crippen LogP contribution in [-0.4, -0.2) is 44.6 Å². The van der Waals surface area contributed by atoms with Crippen LogP contribution in [0.2, 0.25) is 0 Å². The maximum Gasteiger partial charge on any atom is 0.253 e. The van der Waals surface area contributed by atoms with E-state index < -0.39 is 16.4 Å². The molecular formula is C15H23NO3S. The van der Waals surface area contributed by atoms with Crippen molar-refractivity contribution in [1.29, 1.82) is 0 Å². The smallest absolute Gasteiger partial charge is 0.253 e. The van der Waals surface area contributed by atoms with Crippen LogP contribution in [0.1, 0.15) is 38.1 Å². The van der Waals surface area contributed by atoms with Crippen molar-refractivity contribution in [1.82, 2.24) is 4.90 Å². The number of benzene rings is 1. The highest BCUT2D eigenvalue weighted by atomic mass is 32.2. The fourth-order valence-electron chi connectivity index (χ4n) is 1.88. The lowest BCUT2D eigenvalue weighted by Gasteiger charge is -2.25. The lowest BCUT2D eigenvalue weighted by Crippen LogP contribution is -2.39. The second-order valence-electron chi connectivity index (χ2n) is 5.84. The van der Waals surface area contributed by atoms with Crippen molar-refractivity contribution in [3.05, 3.63) is 29.8 Å². The van der Waals surface area contributed by atoms with E-state index in [1.807, 2.05) is 13.8 Å². The van der Waals surface area contributed by atoms with Gasteiger partial charge in [-0.15, -0.1) is 0 Å². The summed E-state index contributed by atoms with van der Waals surface area (Å²) in [5.74, 6) is -0.158. The van der Waals surface area contributed by atoms with Crippen molar-refractivity contribution in [2.24, 2.45) is 0 Å². The van der Waals surface area contributed by atoms with Gasteiger partial charge >= 0.3 is 0 Å². The summed E-state index contributed by atoms with van der Waals surface area (Å²) in [7, 11) is 0.605. The van der Waals surface area contributed by atoms with Gasteiger partial charge in [0.2, 0.25) is 0 Å². The molecule has 1 aromatic carbocycles. The second kappa shape index (κ2) is 6.50. The number of hydrogen-bond acceptors (Lipinski definition) is 3. The van der Waals surface area contributed by atoms with Gasteiger partial charge in [0.05, 0.1) is 16.4 Å². The molecule has 1 amide bonds. The molecule has 0 bridgehead atoms. The lowest BCUT2D eigenvalue weighted by atomic mass is 10.1. The predicted octanol–water partition coefficient (Wildman–Crippen LogP) is 2.05. The summed E-state index contributed by atoms with van der Waals surface area (Å²) >= 11 is 0. The molecule has 0 fully saturated rings. The third-order valence-corrected chi connectivity index (χ3v) is 4.33. The Morgan fingerprint density at radius 3 is 2.20 bits per heavy atom. The van der Waals surface area contributed by atoms with E-state index in [2.05, 4.69) is 0 Å². The molecule has 1 N–H and O–H groups in total. The first-order chi connectivity index (χ1) is 9.11. The summed E-state index contributed by atoms with van der Waals surface area (Å²) in [5, 5.41) is 9.78. The van der Waals surface area contributed by atoms with Crippen LogP contribution in [0.3, 0.4) is 0 Å². The molecule has 0 aliphatic rings. The fourth-order valence-corrected chi connectivity index (χ4v) is 2.83. The van der Waals surface area contributed by atoms with Crippen molar-refractivity contribution < 1.29 is 14.1 Å². The van der Waals surface area contributed by atoms with E-state index in [1.54, 1.807) is 45.2 Å². The molecule has 0 radical (unpaired) electrons. The monoisotopic (exact) mass is 297 g/mol. The van der Waals surface area contributed by atoms with Crippen LogP contribution in [0, 0.1) is 0 Å². The van der Waals surface area contributed by atoms with Gasteiger partial charge in [-0.1, -0.05) is 13.8 Å². The molecule has 0 spiro atoms. The Bertz CT molecular complexity index is 489. The molecule has 5 heteroatoms. The minimum Gasteiger partial charge on any atom is -0.389 e. The maximum atomic E-state index is 12.2. The summed E-state index contributed by atoms with van der Waals surface area (Å²) in [6.07, 6.45) is 0. The molecule has 0 saturated heterocycles. The highest BCUT2D eigenvalue weighted by Gasteiger charge is 2.20. The molecule has 1 atom stereocenters. The van der Waals surface area contributed by atoms with Crippen molar-refractivity contribution in [3.8, 4) is 0 Å². The highest BCUT2D eigenvalue weighted by Crippen LogP contribution is 2.14. The van der Waals surface area contributed by atoms with Gasteiger partial charge in [-0.25, -0.2) is 0 Å². The van der Waals surface area contributed by atoms with Crippen molar-refractivity contribution in [2.45, 2.75) is 43.4 Å². The first kappa shape index (κ1) is 16.9. The predicted molar refractivity (Wildman–Crippen MR) is 81.2 cm³/mol. The molecule has 0 aliphatic heterocycles. The van der Waals surface area contributed by atoms with Gasteiger partial charge in [0, 0.05) is 29.3 Å². The molecule has 1 aromatic rings. The summed E-state index contributed by atoms with van der Waals surface area (Å²) < 4.78 is 11.9. The van der Waals surface area contributed by atoms with Gasteiger partial charge in [0.1, 0.15) is 0 Å². The van der Waals surface area contributed by atoms with Gasteiger partial charge in [-0.2, -0.15) is 0 Å². The van der Waals surface area contributed by atoms with E-state index in [0.29, 0.717) is 5.56 Å². The largest absolute Gasteiger partial charge is 0.389 e. The van der Waals surface area contributed by atoms with E-state index in [9.17, 15) is 14.1 Å². The van der Waals surface area contributed by atoms with Crippen LogP contribution in [-0.2, 0) is 10.8 Å². The van der Waals surface area contributed by atoms with Gasteiger partial charge in [0.15, 0.2) is 0 Å². The van der Waals surface area contributed by atoms with Crippen LogP contribution < -0.4 is 0 Å². The standard InChI is InChI=1S/C15H23NO3S/c1-11(2)20(19)13-8-6-12(7-9-13)14(17)16(5)10-15(3,4)18/h6-9,11,18H,10H2,1-5H3. The molecule has 112 valence electrons. The average Bonchev–Trinajstić information content (AvgIpc) is 2.35. The minimum atomic E-state index is -1.05. The Kier molecular flexibility index (Phi) is 5.48. The third-order valence-electron chi connectivity index (χ3n) is 2.73. The van der Waals surface area contributed by atoms with E-state index in [1.165, 1.54) is 4.90 Å². The van der Waals surface area contributed by atoms with Gasteiger partial charge < -0.3 is 10.0 Å². The number of carbonyl (C=O) groups excluding carboxylic acids is 1. The number of likely N-dealkylation sites (N-methyl/N-ethyl adjacent to an activating group) is 1. The van der Waals surface area contributed by atoms with Crippen LogP contribution in [0.4, 0.5) is 0 Å². The number of hydrogen-bond donors (Lipinski definition) is 1. The average molecular weight is 297 g/mol. The molecular weight excluding hydrogens is 274 g/mol. The summed E-state index contributed by atoms with van der Waals surface area (Å²) in [4.78, 5) is 14.4. The zero-order chi connectivity index (χ0) is 15.5. The lowest BCUT2D eigenvalue weighted by molar-refractivity contribution is 0.0368. The second-order valence-corrected chi connectivity index (χ2v) is 7.85. The Hall–Kier alpha value is -1.20. The van der Waals surface area contributed by atoms with E-state index in [4.69, 9.17) is 0 Å². The molecule has 0 heterocycles. The molecule has 1 unspecified atom stereocenters. The molecule has 4 nitrogen and oxygen atoms in total. The normalized spacial score (nSPS) is 13.3. The Morgan fingerprint density at radius 2 is 1.80 bits per heavy atom. The zero-order valence-corrected chi connectivity index (χ0v) is 13.5. The van der Waals surface area contributed by atoms with Gasteiger partial charge in [-0.05, 0) is 38.1 Å². The van der Waals surface area contributed by atoms with E-state index in [0.717, 1.165) is 4.90 Å². The third kappa shape index (κ3) is 4.72. The first-order valence-corrected chi connectivity index (χ1v) is 7.81. The van der Waals surface area contributed by atoms with Crippen LogP contribution in [0.5, 0.6) is 0 Å². The number of rotatable bonds is 5. The van der Waals surface area contributed by atoms with Crippen LogP contribution in [0.15, 0.2) is 29.2 Å². The minimum absolute atomic E-state index is 0.0504. The SMILES string of the molecule is CC(C)S(=O)c1ccc(C(=O)N(C)CC(C)(C)O)cc1. The maximum absolute atomic E-state index is 12.2. The quantitative estimate of drug-likeness (QED) is 0.905. The highest BCUT2D eigenvalue weighted by molar-refractivity contribution is 7.85. The van der Waals surface area contributed by atoms with Crippen molar-refractivity contribution >= 4 is 16.7 Å². The number of nitrogens with zero attached hydrogens (tertiary/aromatic N) is 1. The van der Waals surface area contributed by atoms with Gasteiger partial charge in [-0.3, -0.25) is 9.00 Å². The fraction of sp³-hybridized carbons (Fsp3) is 0.533. The molecule has 0 aromatic heterocycles.